The number of carbonyl (C=O) groups is 1. The lowest BCUT2D eigenvalue weighted by Crippen LogP contribution is -2.41. The second-order valence-corrected chi connectivity index (χ2v) is 7.53. The number of nitrogens with one attached hydrogen (secondary N) is 3. The molecule has 4 heterocycles. The van der Waals surface area contributed by atoms with Crippen LogP contribution < -0.4 is 15.5 Å². The van der Waals surface area contributed by atoms with E-state index in [1.807, 2.05) is 24.3 Å². The molecule has 10 nitrogen and oxygen atoms in total. The number of carbonyl (C=O) groups excluding carboxylic acids is 1. The van der Waals surface area contributed by atoms with Crippen molar-refractivity contribution in [2.45, 2.75) is 13.0 Å². The number of rotatable bonds is 4. The molecule has 5 rings (SSSR count). The van der Waals surface area contributed by atoms with E-state index >= 15 is 0 Å². The number of H-pyrrole nitrogens is 1. The summed E-state index contributed by atoms with van der Waals surface area (Å²) in [5, 5.41) is 13.5. The lowest BCUT2D eigenvalue weighted by atomic mass is 10.2. The molecule has 1 saturated heterocycles. The zero-order valence-corrected chi connectivity index (χ0v) is 17.4. The van der Waals surface area contributed by atoms with Crippen molar-refractivity contribution in [1.82, 2.24) is 25.1 Å². The fraction of sp³-hybridized carbons (Fsp3) is 0.227. The van der Waals surface area contributed by atoms with E-state index in [0.29, 0.717) is 29.5 Å². The maximum absolute atomic E-state index is 12.2. The molecule has 2 amide bonds. The molecule has 1 atom stereocenters. The number of amides is 2. The van der Waals surface area contributed by atoms with Crippen molar-refractivity contribution in [2.24, 2.45) is 0 Å². The predicted molar refractivity (Wildman–Crippen MR) is 122 cm³/mol. The molecule has 4 aromatic rings. The first-order valence-corrected chi connectivity index (χ1v) is 10.3. The lowest BCUT2D eigenvalue weighted by molar-refractivity contribution is 0.0530. The number of ether oxygens (including phenoxy) is 1. The average molecular weight is 430 g/mol. The third kappa shape index (κ3) is 4.21. The van der Waals surface area contributed by atoms with Gasteiger partial charge in [0.2, 0.25) is 0 Å². The van der Waals surface area contributed by atoms with E-state index in [1.54, 1.807) is 30.7 Å². The summed E-state index contributed by atoms with van der Waals surface area (Å²) >= 11 is 0. The number of pyridine rings is 1. The minimum absolute atomic E-state index is 0.132. The molecule has 0 spiro atoms. The van der Waals surface area contributed by atoms with Gasteiger partial charge in [-0.05, 0) is 43.3 Å². The van der Waals surface area contributed by atoms with E-state index in [2.05, 4.69) is 42.6 Å². The summed E-state index contributed by atoms with van der Waals surface area (Å²) < 4.78 is 5.67. The summed E-state index contributed by atoms with van der Waals surface area (Å²) in [6.45, 7) is 4.22. The number of morpholine rings is 1. The Morgan fingerprint density at radius 1 is 1.12 bits per heavy atom. The summed E-state index contributed by atoms with van der Waals surface area (Å²) in [4.78, 5) is 27.9. The van der Waals surface area contributed by atoms with Crippen molar-refractivity contribution < 1.29 is 9.53 Å². The Bertz CT molecular complexity index is 1230. The third-order valence-corrected chi connectivity index (χ3v) is 5.15. The summed E-state index contributed by atoms with van der Waals surface area (Å²) in [7, 11) is 0. The Morgan fingerprint density at radius 2 is 1.97 bits per heavy atom. The minimum Gasteiger partial charge on any atom is -0.375 e. The van der Waals surface area contributed by atoms with Crippen molar-refractivity contribution in [3.63, 3.8) is 0 Å². The Morgan fingerprint density at radius 3 is 2.75 bits per heavy atom. The first kappa shape index (κ1) is 19.9. The van der Waals surface area contributed by atoms with Gasteiger partial charge in [0.15, 0.2) is 11.5 Å². The first-order chi connectivity index (χ1) is 15.7. The zero-order chi connectivity index (χ0) is 21.9. The van der Waals surface area contributed by atoms with Crippen molar-refractivity contribution in [1.29, 1.82) is 0 Å². The molecule has 0 bridgehead atoms. The van der Waals surface area contributed by atoms with Crippen molar-refractivity contribution in [2.75, 3.05) is 35.2 Å². The predicted octanol–water partition coefficient (Wildman–Crippen LogP) is 3.28. The Hall–Kier alpha value is -4.05. The van der Waals surface area contributed by atoms with Crippen LogP contribution in [0.25, 0.3) is 22.4 Å². The van der Waals surface area contributed by atoms with E-state index in [-0.39, 0.29) is 12.1 Å². The summed E-state index contributed by atoms with van der Waals surface area (Å²) in [5.74, 6) is 1.43. The molecule has 0 saturated carbocycles. The van der Waals surface area contributed by atoms with Gasteiger partial charge in [0.25, 0.3) is 0 Å². The minimum atomic E-state index is -0.343. The molecule has 10 heteroatoms. The zero-order valence-electron chi connectivity index (χ0n) is 17.4. The van der Waals surface area contributed by atoms with Crippen LogP contribution in [0, 0.1) is 0 Å². The SMILES string of the molecule is CC1CN(c2nc(-c3ccc(NC(=O)Nc4cccnc4)cc3)nc3[nH]ncc23)CCO1. The van der Waals surface area contributed by atoms with E-state index in [4.69, 9.17) is 9.72 Å². The number of benzene rings is 1. The molecule has 1 aromatic carbocycles. The Labute approximate surface area is 184 Å². The van der Waals surface area contributed by atoms with E-state index in [9.17, 15) is 4.79 Å². The molecule has 3 aromatic heterocycles. The van der Waals surface area contributed by atoms with Crippen LogP contribution in [0.3, 0.4) is 0 Å². The van der Waals surface area contributed by atoms with Gasteiger partial charge in [0.05, 0.1) is 36.2 Å². The van der Waals surface area contributed by atoms with E-state index in [1.165, 1.54) is 0 Å². The molecule has 1 aliphatic heterocycles. The van der Waals surface area contributed by atoms with Gasteiger partial charge in [0, 0.05) is 30.5 Å². The standard InChI is InChI=1S/C22H22N8O2/c1-14-13-30(9-10-32-14)21-18-12-24-29-20(18)27-19(28-21)15-4-6-16(7-5-15)25-22(31)26-17-3-2-8-23-11-17/h2-8,11-12,14H,9-10,13H2,1H3,(H2,25,26,31)(H,24,27,28,29). The monoisotopic (exact) mass is 430 g/mol. The van der Waals surface area contributed by atoms with Crippen LogP contribution in [-0.2, 0) is 4.74 Å². The number of aromatic nitrogens is 5. The fourth-order valence-corrected chi connectivity index (χ4v) is 3.63. The van der Waals surface area contributed by atoms with Crippen molar-refractivity contribution >= 4 is 34.3 Å². The smallest absolute Gasteiger partial charge is 0.323 e. The topological polar surface area (TPSA) is 121 Å². The van der Waals surface area contributed by atoms with Gasteiger partial charge < -0.3 is 20.3 Å². The normalized spacial score (nSPS) is 16.2. The lowest BCUT2D eigenvalue weighted by Gasteiger charge is -2.32. The van der Waals surface area contributed by atoms with Crippen LogP contribution in [0.2, 0.25) is 0 Å². The van der Waals surface area contributed by atoms with E-state index in [0.717, 1.165) is 29.9 Å². The van der Waals surface area contributed by atoms with Gasteiger partial charge in [-0.3, -0.25) is 10.1 Å². The molecule has 1 fully saturated rings. The number of fused-ring (bicyclic) bond motifs is 1. The Balaban J connectivity index is 1.36. The van der Waals surface area contributed by atoms with Crippen molar-refractivity contribution in [3.05, 3.63) is 55.0 Å². The number of anilines is 3. The number of urea groups is 1. The highest BCUT2D eigenvalue weighted by molar-refractivity contribution is 5.99. The highest BCUT2D eigenvalue weighted by atomic mass is 16.5. The van der Waals surface area contributed by atoms with Crippen LogP contribution in [0.5, 0.6) is 0 Å². The number of nitrogens with zero attached hydrogens (tertiary/aromatic N) is 5. The number of hydrogen-bond acceptors (Lipinski definition) is 7. The highest BCUT2D eigenvalue weighted by Gasteiger charge is 2.22. The van der Waals surface area contributed by atoms with Gasteiger partial charge in [-0.25, -0.2) is 14.8 Å². The molecular formula is C22H22N8O2. The van der Waals surface area contributed by atoms with Crippen LogP contribution in [-0.4, -0.2) is 57.0 Å². The van der Waals surface area contributed by atoms with Gasteiger partial charge in [-0.2, -0.15) is 5.10 Å². The second kappa shape index (κ2) is 8.60. The summed E-state index contributed by atoms with van der Waals surface area (Å²) in [6, 6.07) is 10.6. The molecule has 0 aliphatic carbocycles. The maximum Gasteiger partial charge on any atom is 0.323 e. The van der Waals surface area contributed by atoms with Gasteiger partial charge in [-0.15, -0.1) is 0 Å². The number of hydrogen-bond donors (Lipinski definition) is 3. The van der Waals surface area contributed by atoms with Gasteiger partial charge in [0.1, 0.15) is 5.82 Å². The molecule has 32 heavy (non-hydrogen) atoms. The first-order valence-electron chi connectivity index (χ1n) is 10.3. The molecule has 0 radical (unpaired) electrons. The Kier molecular flexibility index (Phi) is 5.34. The van der Waals surface area contributed by atoms with Gasteiger partial charge in [-0.1, -0.05) is 0 Å². The molecular weight excluding hydrogens is 408 g/mol. The average Bonchev–Trinajstić information content (AvgIpc) is 3.28. The fourth-order valence-electron chi connectivity index (χ4n) is 3.63. The van der Waals surface area contributed by atoms with E-state index < -0.39 is 0 Å². The molecule has 3 N–H and O–H groups in total. The van der Waals surface area contributed by atoms with Crippen LogP contribution in [0.15, 0.2) is 55.0 Å². The largest absolute Gasteiger partial charge is 0.375 e. The highest BCUT2D eigenvalue weighted by Crippen LogP contribution is 2.28. The van der Waals surface area contributed by atoms with Gasteiger partial charge >= 0.3 is 6.03 Å². The van der Waals surface area contributed by atoms with Crippen LogP contribution in [0.4, 0.5) is 22.0 Å². The molecule has 162 valence electrons. The quantitative estimate of drug-likeness (QED) is 0.454. The van der Waals surface area contributed by atoms with Crippen LogP contribution in [0.1, 0.15) is 6.92 Å². The van der Waals surface area contributed by atoms with Crippen molar-refractivity contribution in [3.8, 4) is 11.4 Å². The molecule has 1 aliphatic rings. The molecule has 1 unspecified atom stereocenters. The third-order valence-electron chi connectivity index (χ3n) is 5.15. The van der Waals surface area contributed by atoms with Crippen LogP contribution >= 0.6 is 0 Å². The second-order valence-electron chi connectivity index (χ2n) is 7.53. The summed E-state index contributed by atoms with van der Waals surface area (Å²) in [6.07, 6.45) is 5.11. The maximum atomic E-state index is 12.2. The number of aromatic amines is 1. The summed E-state index contributed by atoms with van der Waals surface area (Å²) in [5.41, 5.74) is 2.79.